The summed E-state index contributed by atoms with van der Waals surface area (Å²) < 4.78 is 10.7. The summed E-state index contributed by atoms with van der Waals surface area (Å²) in [5.74, 6) is 1.96. The van der Waals surface area contributed by atoms with Crippen molar-refractivity contribution in [3.63, 3.8) is 0 Å². The van der Waals surface area contributed by atoms with Gasteiger partial charge in [-0.2, -0.15) is 0 Å². The molecule has 1 aliphatic heterocycles. The molecular weight excluding hydrogens is 302 g/mol. The second-order valence-electron chi connectivity index (χ2n) is 6.16. The summed E-state index contributed by atoms with van der Waals surface area (Å²) in [4.78, 5) is 15.3. The van der Waals surface area contributed by atoms with Crippen LogP contribution in [0, 0.1) is 0 Å². The van der Waals surface area contributed by atoms with Crippen molar-refractivity contribution in [1.82, 2.24) is 4.98 Å². The fourth-order valence-corrected chi connectivity index (χ4v) is 2.76. The first kappa shape index (κ1) is 20.5. The first-order chi connectivity index (χ1) is 11.6. The predicted octanol–water partition coefficient (Wildman–Crippen LogP) is 5.19. The van der Waals surface area contributed by atoms with Crippen molar-refractivity contribution in [2.75, 3.05) is 0 Å². The van der Waals surface area contributed by atoms with E-state index in [4.69, 9.17) is 9.15 Å². The predicted molar refractivity (Wildman–Crippen MR) is 97.0 cm³/mol. The van der Waals surface area contributed by atoms with Gasteiger partial charge in [-0.1, -0.05) is 26.8 Å². The highest BCUT2D eigenvalue weighted by atomic mass is 16.5. The van der Waals surface area contributed by atoms with Crippen molar-refractivity contribution in [1.29, 1.82) is 0 Å². The number of hydrogen-bond donors (Lipinski definition) is 0. The number of carbonyl (C=O) groups is 1. The number of hydrogen-bond acceptors (Lipinski definition) is 4. The van der Waals surface area contributed by atoms with Crippen LogP contribution in [0.25, 0.3) is 0 Å². The van der Waals surface area contributed by atoms with E-state index in [0.717, 1.165) is 75.1 Å². The van der Waals surface area contributed by atoms with Crippen molar-refractivity contribution in [3.05, 3.63) is 30.0 Å². The van der Waals surface area contributed by atoms with Crippen LogP contribution in [0.15, 0.2) is 17.1 Å². The van der Waals surface area contributed by atoms with E-state index in [2.05, 4.69) is 32.3 Å². The minimum Gasteiger partial charge on any atom is -0.462 e. The first-order valence-corrected chi connectivity index (χ1v) is 9.42. The molecule has 0 aliphatic carbocycles. The van der Waals surface area contributed by atoms with Crippen molar-refractivity contribution in [3.8, 4) is 0 Å². The lowest BCUT2D eigenvalue weighted by Crippen LogP contribution is -2.23. The monoisotopic (exact) mass is 335 g/mol. The van der Waals surface area contributed by atoms with Crippen molar-refractivity contribution >= 4 is 5.97 Å². The van der Waals surface area contributed by atoms with Gasteiger partial charge >= 0.3 is 5.97 Å². The van der Waals surface area contributed by atoms with Crippen LogP contribution in [0.5, 0.6) is 0 Å². The lowest BCUT2D eigenvalue weighted by atomic mass is 10.0. The van der Waals surface area contributed by atoms with Gasteiger partial charge in [0.15, 0.2) is 5.89 Å². The zero-order valence-electron chi connectivity index (χ0n) is 15.6. The van der Waals surface area contributed by atoms with Gasteiger partial charge in [-0.05, 0) is 44.9 Å². The molecule has 0 N–H and O–H groups in total. The highest BCUT2D eigenvalue weighted by Crippen LogP contribution is 2.18. The molecule has 24 heavy (non-hydrogen) atoms. The smallest absolute Gasteiger partial charge is 0.306 e. The Morgan fingerprint density at radius 1 is 1.29 bits per heavy atom. The Balaban J connectivity index is 0.000000240. The lowest BCUT2D eigenvalue weighted by Gasteiger charge is -2.21. The zero-order chi connectivity index (χ0) is 17.8. The summed E-state index contributed by atoms with van der Waals surface area (Å²) in [7, 11) is 0. The van der Waals surface area contributed by atoms with E-state index >= 15 is 0 Å². The molecule has 4 nitrogen and oxygen atoms in total. The van der Waals surface area contributed by atoms with Crippen LogP contribution in [0.3, 0.4) is 0 Å². The Morgan fingerprint density at radius 2 is 2.08 bits per heavy atom. The molecule has 1 aromatic rings. The molecule has 1 unspecified atom stereocenters. The zero-order valence-corrected chi connectivity index (χ0v) is 15.6. The summed E-state index contributed by atoms with van der Waals surface area (Å²) >= 11 is 0. The van der Waals surface area contributed by atoms with Crippen LogP contribution in [0.2, 0.25) is 0 Å². The Hall–Kier alpha value is -1.58. The average molecular weight is 335 g/mol. The molecule has 2 rings (SSSR count). The maximum Gasteiger partial charge on any atom is 0.306 e. The number of aryl methyl sites for hydroxylation is 3. The molecule has 1 aliphatic rings. The van der Waals surface area contributed by atoms with Crippen LogP contribution >= 0.6 is 0 Å². The molecule has 0 aromatic carbocycles. The number of aromatic nitrogens is 1. The molecule has 2 heterocycles. The van der Waals surface area contributed by atoms with E-state index in [1.807, 2.05) is 6.08 Å². The van der Waals surface area contributed by atoms with Gasteiger partial charge in [0, 0.05) is 19.3 Å². The van der Waals surface area contributed by atoms with E-state index in [-0.39, 0.29) is 12.1 Å². The quantitative estimate of drug-likeness (QED) is 0.373. The highest BCUT2D eigenvalue weighted by Gasteiger charge is 2.19. The van der Waals surface area contributed by atoms with Crippen LogP contribution in [0.4, 0.5) is 0 Å². The number of rotatable bonds is 8. The van der Waals surface area contributed by atoms with Gasteiger partial charge in [0.1, 0.15) is 11.9 Å². The maximum atomic E-state index is 10.9. The minimum atomic E-state index is -0.0233. The average Bonchev–Trinajstić information content (AvgIpc) is 2.98. The summed E-state index contributed by atoms with van der Waals surface area (Å²) in [6.45, 7) is 10.0. The molecule has 0 bridgehead atoms. The van der Waals surface area contributed by atoms with Gasteiger partial charge in [0.25, 0.3) is 0 Å². The molecule has 1 saturated heterocycles. The summed E-state index contributed by atoms with van der Waals surface area (Å²) in [6.07, 6.45) is 11.9. The normalized spacial score (nSPS) is 17.0. The maximum absolute atomic E-state index is 10.9. The highest BCUT2D eigenvalue weighted by molar-refractivity contribution is 5.70. The van der Waals surface area contributed by atoms with Gasteiger partial charge in [-0.15, -0.1) is 6.58 Å². The van der Waals surface area contributed by atoms with Gasteiger partial charge in [-0.3, -0.25) is 4.79 Å². The SMILES string of the molecule is C=CCCCC1CCCC(=O)O1.CCCc1oc(CC)nc1CC. The number of cyclic esters (lactones) is 1. The molecule has 0 saturated carbocycles. The van der Waals surface area contributed by atoms with Gasteiger partial charge < -0.3 is 9.15 Å². The molecule has 1 atom stereocenters. The van der Waals surface area contributed by atoms with Crippen molar-refractivity contribution in [2.45, 2.75) is 91.1 Å². The van der Waals surface area contributed by atoms with E-state index in [0.29, 0.717) is 6.42 Å². The Labute approximate surface area is 146 Å². The molecule has 0 amide bonds. The lowest BCUT2D eigenvalue weighted by molar-refractivity contribution is -0.154. The Bertz CT molecular complexity index is 493. The molecule has 136 valence electrons. The minimum absolute atomic E-state index is 0.0233. The van der Waals surface area contributed by atoms with Crippen LogP contribution < -0.4 is 0 Å². The fraction of sp³-hybridized carbons (Fsp3) is 0.700. The number of nitrogens with zero attached hydrogens (tertiary/aromatic N) is 1. The van der Waals surface area contributed by atoms with Gasteiger partial charge in [-0.25, -0.2) is 4.98 Å². The number of carbonyl (C=O) groups excluding carboxylic acids is 1. The van der Waals surface area contributed by atoms with Gasteiger partial charge in [0.05, 0.1) is 5.69 Å². The fourth-order valence-electron chi connectivity index (χ4n) is 2.76. The number of allylic oxidation sites excluding steroid dienone is 1. The topological polar surface area (TPSA) is 52.3 Å². The molecule has 0 radical (unpaired) electrons. The largest absolute Gasteiger partial charge is 0.462 e. The molecule has 4 heteroatoms. The van der Waals surface area contributed by atoms with Crippen LogP contribution in [0.1, 0.15) is 83.1 Å². The third kappa shape index (κ3) is 7.33. The van der Waals surface area contributed by atoms with E-state index in [9.17, 15) is 4.79 Å². The Kier molecular flexibility index (Phi) is 10.1. The summed E-state index contributed by atoms with van der Waals surface area (Å²) in [5.41, 5.74) is 1.15. The first-order valence-electron chi connectivity index (χ1n) is 9.42. The van der Waals surface area contributed by atoms with E-state index < -0.39 is 0 Å². The summed E-state index contributed by atoms with van der Waals surface area (Å²) in [6, 6.07) is 0. The Morgan fingerprint density at radius 3 is 2.67 bits per heavy atom. The second kappa shape index (κ2) is 11.9. The number of unbranched alkanes of at least 4 members (excludes halogenated alkanes) is 1. The molecule has 0 spiro atoms. The third-order valence-electron chi connectivity index (χ3n) is 4.08. The number of oxazole rings is 1. The third-order valence-corrected chi connectivity index (χ3v) is 4.08. The molecule has 1 aromatic heterocycles. The van der Waals surface area contributed by atoms with Crippen molar-refractivity contribution in [2.24, 2.45) is 0 Å². The molecule has 1 fully saturated rings. The number of ether oxygens (including phenoxy) is 1. The molecular formula is C20H33NO3. The van der Waals surface area contributed by atoms with Crippen molar-refractivity contribution < 1.29 is 13.9 Å². The number of esters is 1. The van der Waals surface area contributed by atoms with Crippen LogP contribution in [-0.4, -0.2) is 17.1 Å². The van der Waals surface area contributed by atoms with Gasteiger partial charge in [0.2, 0.25) is 0 Å². The van der Waals surface area contributed by atoms with E-state index in [1.165, 1.54) is 0 Å². The van der Waals surface area contributed by atoms with E-state index in [1.54, 1.807) is 0 Å². The standard InChI is InChI=1S/C10H17NO.C10H16O2/c1-4-7-9-8(5-2)11-10(6-3)12-9;1-2-3-4-6-9-7-5-8-10(11)12-9/h4-7H2,1-3H3;2,9H,1,3-8H2. The summed E-state index contributed by atoms with van der Waals surface area (Å²) in [5, 5.41) is 0. The van der Waals surface area contributed by atoms with Crippen LogP contribution in [-0.2, 0) is 28.8 Å². The second-order valence-corrected chi connectivity index (χ2v) is 6.16.